The van der Waals surface area contributed by atoms with Gasteiger partial charge in [0.25, 0.3) is 11.8 Å². The van der Waals surface area contributed by atoms with Gasteiger partial charge in [-0.2, -0.15) is 5.10 Å². The number of Topliss-reactive ketones (excluding diaryl/α,β-unsaturated/α-hetero) is 1. The topological polar surface area (TPSA) is 106 Å². The molecular weight excluding hydrogens is 438 g/mol. The zero-order chi connectivity index (χ0) is 22.8. The summed E-state index contributed by atoms with van der Waals surface area (Å²) in [6, 6.07) is 16.0. The summed E-state index contributed by atoms with van der Waals surface area (Å²) >= 11 is 1.16. The molecule has 0 saturated heterocycles. The summed E-state index contributed by atoms with van der Waals surface area (Å²) in [5.41, 5.74) is 3.23. The Bertz CT molecular complexity index is 1330. The molecule has 166 valence electrons. The van der Waals surface area contributed by atoms with Crippen molar-refractivity contribution in [3.05, 3.63) is 76.7 Å². The Balaban J connectivity index is 1.41. The van der Waals surface area contributed by atoms with Gasteiger partial charge in [0.15, 0.2) is 5.82 Å². The highest BCUT2D eigenvalue weighted by Gasteiger charge is 2.32. The average Bonchev–Trinajstić information content (AvgIpc) is 3.33. The molecule has 0 spiro atoms. The Hall–Kier alpha value is -3.85. The minimum Gasteiger partial charge on any atom is -0.347 e. The van der Waals surface area contributed by atoms with Crippen LogP contribution in [-0.4, -0.2) is 44.4 Å². The molecule has 5 rings (SSSR count). The highest BCUT2D eigenvalue weighted by atomic mass is 32.1. The molecule has 0 bridgehead atoms. The maximum Gasteiger partial charge on any atom is 0.289 e. The first-order valence-electron chi connectivity index (χ1n) is 10.7. The molecule has 9 heteroatoms. The number of nitrogens with one attached hydrogen (secondary N) is 2. The molecule has 1 aliphatic carbocycles. The maximum absolute atomic E-state index is 13.3. The lowest BCUT2D eigenvalue weighted by Gasteiger charge is -2.17. The Labute approximate surface area is 193 Å². The molecule has 0 aliphatic heterocycles. The molecule has 0 radical (unpaired) electrons. The van der Waals surface area contributed by atoms with Crippen LogP contribution in [0, 0.1) is 0 Å². The molecule has 2 heterocycles. The van der Waals surface area contributed by atoms with E-state index in [1.807, 2.05) is 54.6 Å². The maximum atomic E-state index is 13.3. The Kier molecular flexibility index (Phi) is 5.70. The number of hydrogen-bond acceptors (Lipinski definition) is 6. The van der Waals surface area contributed by atoms with Crippen molar-refractivity contribution in [2.24, 2.45) is 0 Å². The van der Waals surface area contributed by atoms with Gasteiger partial charge in [-0.15, -0.1) is 11.3 Å². The molecule has 2 aromatic heterocycles. The summed E-state index contributed by atoms with van der Waals surface area (Å²) in [5.74, 6) is -1.41. The van der Waals surface area contributed by atoms with Gasteiger partial charge in [-0.1, -0.05) is 48.5 Å². The van der Waals surface area contributed by atoms with Gasteiger partial charge in [0.1, 0.15) is 10.9 Å². The van der Waals surface area contributed by atoms with Crippen molar-refractivity contribution >= 4 is 39.8 Å². The highest BCUT2D eigenvalue weighted by molar-refractivity contribution is 7.12. The lowest BCUT2D eigenvalue weighted by Crippen LogP contribution is -2.49. The predicted octanol–water partition coefficient (Wildman–Crippen LogP) is 2.67. The summed E-state index contributed by atoms with van der Waals surface area (Å²) < 4.78 is 1.61. The van der Waals surface area contributed by atoms with Gasteiger partial charge in [-0.05, 0) is 24.5 Å². The zero-order valence-electron chi connectivity index (χ0n) is 17.6. The van der Waals surface area contributed by atoms with Gasteiger partial charge >= 0.3 is 0 Å². The second kappa shape index (κ2) is 8.95. The number of aromatic nitrogens is 3. The number of rotatable bonds is 8. The third-order valence-corrected chi connectivity index (χ3v) is 6.29. The molecule has 0 unspecified atom stereocenters. The summed E-state index contributed by atoms with van der Waals surface area (Å²) in [4.78, 5) is 43.3. The first-order valence-corrected chi connectivity index (χ1v) is 11.5. The van der Waals surface area contributed by atoms with Gasteiger partial charge < -0.3 is 10.6 Å². The van der Waals surface area contributed by atoms with Crippen LogP contribution in [0.25, 0.3) is 16.7 Å². The van der Waals surface area contributed by atoms with Crippen molar-refractivity contribution in [1.82, 2.24) is 25.4 Å². The standard InChI is InChI=1S/C24H21N5O3S/c30-20(23(31)27-17-10-11-17)18(12-15-6-2-1-3-7-15)28-24(32)21-22(25-14-33-21)29-19-9-5-4-8-16(19)13-26-29/h1-9,13-14,17-18H,10-12H2,(H,27,31)(H,28,32)/t18-/m0/s1. The fraction of sp³-hybridized carbons (Fsp3) is 0.208. The van der Waals surface area contributed by atoms with Crippen molar-refractivity contribution in [3.63, 3.8) is 0 Å². The van der Waals surface area contributed by atoms with Gasteiger partial charge in [0.05, 0.1) is 17.2 Å². The fourth-order valence-electron chi connectivity index (χ4n) is 3.61. The second-order valence-corrected chi connectivity index (χ2v) is 8.80. The quantitative estimate of drug-likeness (QED) is 0.394. The van der Waals surface area contributed by atoms with Crippen molar-refractivity contribution in [2.45, 2.75) is 31.3 Å². The second-order valence-electron chi connectivity index (χ2n) is 7.95. The fourth-order valence-corrected chi connectivity index (χ4v) is 4.28. The van der Waals surface area contributed by atoms with Crippen molar-refractivity contribution in [2.75, 3.05) is 0 Å². The number of para-hydroxylation sites is 1. The SMILES string of the molecule is O=C(NC1CC1)C(=O)[C@H](Cc1ccccc1)NC(=O)c1scnc1-n1ncc2ccccc21. The minimum atomic E-state index is -0.997. The number of carbonyl (C=O) groups excluding carboxylic acids is 3. The van der Waals surface area contributed by atoms with E-state index < -0.39 is 23.6 Å². The third-order valence-electron chi connectivity index (χ3n) is 5.47. The van der Waals surface area contributed by atoms with Gasteiger partial charge in [0.2, 0.25) is 5.78 Å². The lowest BCUT2D eigenvalue weighted by molar-refractivity contribution is -0.139. The number of fused-ring (bicyclic) bond motifs is 1. The average molecular weight is 460 g/mol. The molecule has 4 aromatic rings. The molecule has 2 amide bonds. The van der Waals surface area contributed by atoms with Gasteiger partial charge in [-0.3, -0.25) is 14.4 Å². The van der Waals surface area contributed by atoms with E-state index in [-0.39, 0.29) is 12.5 Å². The molecular formula is C24H21N5O3S. The van der Waals surface area contributed by atoms with Crippen LogP contribution in [0.1, 0.15) is 28.1 Å². The number of hydrogen-bond donors (Lipinski definition) is 2. The van der Waals surface area contributed by atoms with E-state index in [9.17, 15) is 14.4 Å². The number of thiazole rings is 1. The number of carbonyl (C=O) groups is 3. The molecule has 2 aromatic carbocycles. The summed E-state index contributed by atoms with van der Waals surface area (Å²) in [6.07, 6.45) is 3.66. The number of benzene rings is 2. The van der Waals surface area contributed by atoms with E-state index in [1.165, 1.54) is 0 Å². The van der Waals surface area contributed by atoms with Crippen molar-refractivity contribution in [1.29, 1.82) is 0 Å². The van der Waals surface area contributed by atoms with Crippen LogP contribution in [0.2, 0.25) is 0 Å². The summed E-state index contributed by atoms with van der Waals surface area (Å²) in [6.45, 7) is 0. The predicted molar refractivity (Wildman–Crippen MR) is 124 cm³/mol. The van der Waals surface area contributed by atoms with Crippen LogP contribution in [0.15, 0.2) is 66.3 Å². The number of ketones is 1. The minimum absolute atomic E-state index is 0.0516. The van der Waals surface area contributed by atoms with Crippen LogP contribution in [0.5, 0.6) is 0 Å². The summed E-state index contributed by atoms with van der Waals surface area (Å²) in [7, 11) is 0. The largest absolute Gasteiger partial charge is 0.347 e. The van der Waals surface area contributed by atoms with E-state index in [0.29, 0.717) is 10.7 Å². The van der Waals surface area contributed by atoms with Crippen molar-refractivity contribution in [3.8, 4) is 5.82 Å². The van der Waals surface area contributed by atoms with E-state index >= 15 is 0 Å². The van der Waals surface area contributed by atoms with Gasteiger partial charge in [0, 0.05) is 17.8 Å². The van der Waals surface area contributed by atoms with Crippen LogP contribution in [-0.2, 0) is 16.0 Å². The zero-order valence-corrected chi connectivity index (χ0v) is 18.4. The molecule has 1 saturated carbocycles. The number of nitrogens with zero attached hydrogens (tertiary/aromatic N) is 3. The molecule has 1 atom stereocenters. The van der Waals surface area contributed by atoms with Crippen LogP contribution < -0.4 is 10.6 Å². The van der Waals surface area contributed by atoms with Crippen molar-refractivity contribution < 1.29 is 14.4 Å². The Morgan fingerprint density at radius 1 is 1.06 bits per heavy atom. The molecule has 1 fully saturated rings. The van der Waals surface area contributed by atoms with E-state index in [0.717, 1.165) is 40.6 Å². The highest BCUT2D eigenvalue weighted by Crippen LogP contribution is 2.23. The third kappa shape index (κ3) is 4.54. The molecule has 8 nitrogen and oxygen atoms in total. The van der Waals surface area contributed by atoms with E-state index in [1.54, 1.807) is 16.4 Å². The van der Waals surface area contributed by atoms with Crippen LogP contribution in [0.3, 0.4) is 0 Å². The monoisotopic (exact) mass is 459 g/mol. The van der Waals surface area contributed by atoms with E-state index in [4.69, 9.17) is 0 Å². The Morgan fingerprint density at radius 2 is 1.82 bits per heavy atom. The molecule has 1 aliphatic rings. The Morgan fingerprint density at radius 3 is 2.61 bits per heavy atom. The first kappa shape index (κ1) is 21.0. The van der Waals surface area contributed by atoms with E-state index in [2.05, 4.69) is 20.7 Å². The summed E-state index contributed by atoms with van der Waals surface area (Å²) in [5, 5.41) is 10.8. The first-order chi connectivity index (χ1) is 16.1. The number of amides is 2. The van der Waals surface area contributed by atoms with Gasteiger partial charge in [-0.25, -0.2) is 9.67 Å². The normalized spacial score (nSPS) is 14.1. The lowest BCUT2D eigenvalue weighted by atomic mass is 10.0. The van der Waals surface area contributed by atoms with Crippen LogP contribution >= 0.6 is 11.3 Å². The smallest absolute Gasteiger partial charge is 0.289 e. The van der Waals surface area contributed by atoms with Crippen LogP contribution in [0.4, 0.5) is 0 Å². The molecule has 2 N–H and O–H groups in total. The molecule has 33 heavy (non-hydrogen) atoms.